The Balaban J connectivity index is 1.57. The molecule has 3 aromatic rings. The SMILES string of the molecule is CCOc1ccc(C(=O)COC(=O)c2ccc(-n3cncn3)cc2)cc1. The Morgan fingerprint density at radius 2 is 1.69 bits per heavy atom. The first-order valence-electron chi connectivity index (χ1n) is 8.05. The summed E-state index contributed by atoms with van der Waals surface area (Å²) in [5, 5.41) is 4.01. The molecule has 0 aliphatic rings. The molecule has 0 unspecified atom stereocenters. The van der Waals surface area contributed by atoms with Gasteiger partial charge in [0.05, 0.1) is 17.9 Å². The van der Waals surface area contributed by atoms with Crippen LogP contribution in [0.3, 0.4) is 0 Å². The van der Waals surface area contributed by atoms with Crippen LogP contribution in [0, 0.1) is 0 Å². The Hall–Kier alpha value is -3.48. The fourth-order valence-corrected chi connectivity index (χ4v) is 2.29. The zero-order valence-corrected chi connectivity index (χ0v) is 14.2. The van der Waals surface area contributed by atoms with Crippen LogP contribution in [0.15, 0.2) is 61.2 Å². The number of rotatable bonds is 7. The summed E-state index contributed by atoms with van der Waals surface area (Å²) in [4.78, 5) is 28.1. The second-order valence-electron chi connectivity index (χ2n) is 5.34. The van der Waals surface area contributed by atoms with Crippen LogP contribution >= 0.6 is 0 Å². The van der Waals surface area contributed by atoms with Crippen molar-refractivity contribution in [2.75, 3.05) is 13.2 Å². The summed E-state index contributed by atoms with van der Waals surface area (Å²) in [5.41, 5.74) is 1.58. The van der Waals surface area contributed by atoms with Crippen LogP contribution in [0.4, 0.5) is 0 Å². The first-order valence-corrected chi connectivity index (χ1v) is 8.05. The normalized spacial score (nSPS) is 10.3. The van der Waals surface area contributed by atoms with E-state index in [1.807, 2.05) is 6.92 Å². The van der Waals surface area contributed by atoms with Gasteiger partial charge in [0.1, 0.15) is 18.4 Å². The number of Topliss-reactive ketones (excluding diaryl/α,β-unsaturated/α-hetero) is 1. The summed E-state index contributed by atoms with van der Waals surface area (Å²) in [6.45, 7) is 2.12. The highest BCUT2D eigenvalue weighted by Crippen LogP contribution is 2.13. The molecule has 7 heteroatoms. The van der Waals surface area contributed by atoms with Gasteiger partial charge in [-0.3, -0.25) is 4.79 Å². The molecule has 0 saturated heterocycles. The lowest BCUT2D eigenvalue weighted by Gasteiger charge is -2.07. The Bertz CT molecular complexity index is 872. The number of benzene rings is 2. The van der Waals surface area contributed by atoms with E-state index in [0.29, 0.717) is 23.5 Å². The molecular formula is C19H17N3O4. The molecule has 1 aromatic heterocycles. The van der Waals surface area contributed by atoms with Crippen molar-refractivity contribution in [3.63, 3.8) is 0 Å². The molecule has 7 nitrogen and oxygen atoms in total. The van der Waals surface area contributed by atoms with Gasteiger partial charge in [0, 0.05) is 5.56 Å². The molecule has 3 rings (SSSR count). The van der Waals surface area contributed by atoms with Crippen molar-refractivity contribution in [3.05, 3.63) is 72.3 Å². The summed E-state index contributed by atoms with van der Waals surface area (Å²) < 4.78 is 12.0. The van der Waals surface area contributed by atoms with Crippen LogP contribution in [0.25, 0.3) is 5.69 Å². The molecule has 1 heterocycles. The van der Waals surface area contributed by atoms with Crippen LogP contribution in [0.2, 0.25) is 0 Å². The van der Waals surface area contributed by atoms with Gasteiger partial charge in [-0.15, -0.1) is 0 Å². The van der Waals surface area contributed by atoms with Crippen molar-refractivity contribution in [2.45, 2.75) is 6.92 Å². The lowest BCUT2D eigenvalue weighted by Crippen LogP contribution is -2.14. The molecule has 0 bridgehead atoms. The molecule has 0 spiro atoms. The molecule has 0 fully saturated rings. The first-order chi connectivity index (χ1) is 12.7. The Kier molecular flexibility index (Phi) is 5.38. The van der Waals surface area contributed by atoms with E-state index in [2.05, 4.69) is 10.1 Å². The summed E-state index contributed by atoms with van der Waals surface area (Å²) in [7, 11) is 0. The molecule has 0 saturated carbocycles. The van der Waals surface area contributed by atoms with Crippen LogP contribution in [0.1, 0.15) is 27.6 Å². The maximum absolute atomic E-state index is 12.1. The number of carbonyl (C=O) groups is 2. The van der Waals surface area contributed by atoms with Crippen molar-refractivity contribution >= 4 is 11.8 Å². The highest BCUT2D eigenvalue weighted by atomic mass is 16.5. The third-order valence-corrected chi connectivity index (χ3v) is 3.61. The molecule has 26 heavy (non-hydrogen) atoms. The number of aromatic nitrogens is 3. The van der Waals surface area contributed by atoms with Crippen molar-refractivity contribution in [3.8, 4) is 11.4 Å². The Morgan fingerprint density at radius 3 is 2.31 bits per heavy atom. The fraction of sp³-hybridized carbons (Fsp3) is 0.158. The smallest absolute Gasteiger partial charge is 0.338 e. The number of ketones is 1. The average molecular weight is 351 g/mol. The van der Waals surface area contributed by atoms with Crippen molar-refractivity contribution in [1.82, 2.24) is 14.8 Å². The lowest BCUT2D eigenvalue weighted by atomic mass is 10.1. The van der Waals surface area contributed by atoms with Gasteiger partial charge in [0.25, 0.3) is 0 Å². The van der Waals surface area contributed by atoms with Gasteiger partial charge in [0.2, 0.25) is 0 Å². The van der Waals surface area contributed by atoms with E-state index in [4.69, 9.17) is 9.47 Å². The zero-order chi connectivity index (χ0) is 18.4. The largest absolute Gasteiger partial charge is 0.494 e. The summed E-state index contributed by atoms with van der Waals surface area (Å²) in [6.07, 6.45) is 2.98. The summed E-state index contributed by atoms with van der Waals surface area (Å²) in [6, 6.07) is 13.4. The maximum atomic E-state index is 12.1. The minimum Gasteiger partial charge on any atom is -0.494 e. The minimum absolute atomic E-state index is 0.277. The van der Waals surface area contributed by atoms with Gasteiger partial charge in [-0.05, 0) is 55.5 Å². The Morgan fingerprint density at radius 1 is 1.00 bits per heavy atom. The van der Waals surface area contributed by atoms with Crippen molar-refractivity contribution in [1.29, 1.82) is 0 Å². The molecule has 2 aromatic carbocycles. The summed E-state index contributed by atoms with van der Waals surface area (Å²) in [5.74, 6) is -0.149. The highest BCUT2D eigenvalue weighted by molar-refractivity contribution is 5.99. The predicted molar refractivity (Wildman–Crippen MR) is 93.6 cm³/mol. The molecule has 0 radical (unpaired) electrons. The third kappa shape index (κ3) is 4.13. The molecule has 0 aliphatic carbocycles. The van der Waals surface area contributed by atoms with E-state index in [1.54, 1.807) is 59.5 Å². The number of nitrogens with zero attached hydrogens (tertiary/aromatic N) is 3. The van der Waals surface area contributed by atoms with Gasteiger partial charge in [0.15, 0.2) is 12.4 Å². The topological polar surface area (TPSA) is 83.3 Å². The van der Waals surface area contributed by atoms with Gasteiger partial charge in [-0.2, -0.15) is 5.10 Å². The van der Waals surface area contributed by atoms with E-state index in [-0.39, 0.29) is 12.4 Å². The molecule has 0 N–H and O–H groups in total. The van der Waals surface area contributed by atoms with Crippen LogP contribution in [0.5, 0.6) is 5.75 Å². The Labute approximate surface area is 150 Å². The number of hydrogen-bond donors (Lipinski definition) is 0. The third-order valence-electron chi connectivity index (χ3n) is 3.61. The molecule has 0 atom stereocenters. The zero-order valence-electron chi connectivity index (χ0n) is 14.2. The van der Waals surface area contributed by atoms with E-state index in [1.165, 1.54) is 6.33 Å². The van der Waals surface area contributed by atoms with Gasteiger partial charge in [-0.1, -0.05) is 0 Å². The highest BCUT2D eigenvalue weighted by Gasteiger charge is 2.12. The monoisotopic (exact) mass is 351 g/mol. The number of esters is 1. The molecule has 0 aliphatic heterocycles. The standard InChI is InChI=1S/C19H17N3O4/c1-2-25-17-9-5-14(6-10-17)18(23)11-26-19(24)15-3-7-16(8-4-15)22-13-20-12-21-22/h3-10,12-13H,2,11H2,1H3. The van der Waals surface area contributed by atoms with E-state index >= 15 is 0 Å². The van der Waals surface area contributed by atoms with E-state index < -0.39 is 5.97 Å². The molecular weight excluding hydrogens is 334 g/mol. The van der Waals surface area contributed by atoms with E-state index in [9.17, 15) is 9.59 Å². The molecule has 132 valence electrons. The quantitative estimate of drug-likeness (QED) is 0.481. The minimum atomic E-state index is -0.561. The van der Waals surface area contributed by atoms with Gasteiger partial charge in [-0.25, -0.2) is 14.5 Å². The second-order valence-corrected chi connectivity index (χ2v) is 5.34. The molecule has 0 amide bonds. The van der Waals surface area contributed by atoms with Gasteiger partial charge < -0.3 is 9.47 Å². The average Bonchev–Trinajstić information content (AvgIpc) is 3.21. The second kappa shape index (κ2) is 8.06. The van der Waals surface area contributed by atoms with Crippen LogP contribution < -0.4 is 4.74 Å². The fourth-order valence-electron chi connectivity index (χ4n) is 2.29. The van der Waals surface area contributed by atoms with Crippen molar-refractivity contribution in [2.24, 2.45) is 0 Å². The van der Waals surface area contributed by atoms with Gasteiger partial charge >= 0.3 is 5.97 Å². The lowest BCUT2D eigenvalue weighted by molar-refractivity contribution is 0.0474. The summed E-state index contributed by atoms with van der Waals surface area (Å²) >= 11 is 0. The van der Waals surface area contributed by atoms with E-state index in [0.717, 1.165) is 5.69 Å². The predicted octanol–water partition coefficient (Wildman–Crippen LogP) is 2.71. The van der Waals surface area contributed by atoms with Crippen molar-refractivity contribution < 1.29 is 19.1 Å². The number of hydrogen-bond acceptors (Lipinski definition) is 6. The van der Waals surface area contributed by atoms with Crippen LogP contribution in [-0.2, 0) is 4.74 Å². The number of carbonyl (C=O) groups excluding carboxylic acids is 2. The maximum Gasteiger partial charge on any atom is 0.338 e. The van der Waals surface area contributed by atoms with Crippen LogP contribution in [-0.4, -0.2) is 39.7 Å². The first kappa shape index (κ1) is 17.3. The number of ether oxygens (including phenoxy) is 2.